The summed E-state index contributed by atoms with van der Waals surface area (Å²) in [6.45, 7) is 0.761. The van der Waals surface area contributed by atoms with Gasteiger partial charge in [-0.3, -0.25) is 9.59 Å². The minimum Gasteiger partial charge on any atom is -0.354 e. The van der Waals surface area contributed by atoms with Gasteiger partial charge in [-0.1, -0.05) is 19.3 Å². The zero-order valence-electron chi connectivity index (χ0n) is 13.0. The molecule has 0 radical (unpaired) electrons. The van der Waals surface area contributed by atoms with E-state index in [1.54, 1.807) is 29.2 Å². The maximum absolute atomic E-state index is 12.1. The SMILES string of the molecule is O=C(NCCn1nc(-n2cccn2)ccc1=O)C1CCCCC1. The molecule has 0 aliphatic heterocycles. The fraction of sp³-hybridized carbons (Fsp3) is 0.500. The maximum Gasteiger partial charge on any atom is 0.266 e. The summed E-state index contributed by atoms with van der Waals surface area (Å²) in [5.41, 5.74) is -0.187. The third kappa shape index (κ3) is 3.85. The van der Waals surface area contributed by atoms with Crippen molar-refractivity contribution in [3.63, 3.8) is 0 Å². The smallest absolute Gasteiger partial charge is 0.266 e. The van der Waals surface area contributed by atoms with Crippen LogP contribution in [0.2, 0.25) is 0 Å². The normalized spacial score (nSPS) is 15.5. The molecule has 0 atom stereocenters. The second-order valence-corrected chi connectivity index (χ2v) is 5.83. The predicted octanol–water partition coefficient (Wildman–Crippen LogP) is 1.13. The van der Waals surface area contributed by atoms with Crippen molar-refractivity contribution in [2.45, 2.75) is 38.6 Å². The van der Waals surface area contributed by atoms with Gasteiger partial charge in [0.05, 0.1) is 6.54 Å². The fourth-order valence-corrected chi connectivity index (χ4v) is 2.92. The van der Waals surface area contributed by atoms with Crippen LogP contribution in [0.4, 0.5) is 0 Å². The Labute approximate surface area is 134 Å². The molecule has 23 heavy (non-hydrogen) atoms. The molecule has 0 saturated heterocycles. The molecule has 122 valence electrons. The van der Waals surface area contributed by atoms with Crippen molar-refractivity contribution >= 4 is 5.91 Å². The molecule has 1 fully saturated rings. The second kappa shape index (κ2) is 7.21. The maximum atomic E-state index is 12.1. The van der Waals surface area contributed by atoms with Crippen molar-refractivity contribution in [1.29, 1.82) is 0 Å². The van der Waals surface area contributed by atoms with Crippen molar-refractivity contribution in [2.75, 3.05) is 6.54 Å². The Hall–Kier alpha value is -2.44. The number of carbonyl (C=O) groups is 1. The molecule has 2 heterocycles. The summed E-state index contributed by atoms with van der Waals surface area (Å²) >= 11 is 0. The quantitative estimate of drug-likeness (QED) is 0.896. The molecule has 1 amide bonds. The van der Waals surface area contributed by atoms with Crippen LogP contribution in [0.1, 0.15) is 32.1 Å². The minimum absolute atomic E-state index is 0.0981. The van der Waals surface area contributed by atoms with E-state index >= 15 is 0 Å². The number of hydrogen-bond donors (Lipinski definition) is 1. The van der Waals surface area contributed by atoms with Crippen LogP contribution in [-0.2, 0) is 11.3 Å². The van der Waals surface area contributed by atoms with Gasteiger partial charge in [0.25, 0.3) is 5.56 Å². The fourth-order valence-electron chi connectivity index (χ4n) is 2.92. The van der Waals surface area contributed by atoms with E-state index in [9.17, 15) is 9.59 Å². The summed E-state index contributed by atoms with van der Waals surface area (Å²) in [6.07, 6.45) is 8.85. The average Bonchev–Trinajstić information content (AvgIpc) is 3.12. The molecule has 1 saturated carbocycles. The molecule has 1 aliphatic rings. The minimum atomic E-state index is -0.187. The summed E-state index contributed by atoms with van der Waals surface area (Å²) in [4.78, 5) is 24.0. The highest BCUT2D eigenvalue weighted by Crippen LogP contribution is 2.23. The van der Waals surface area contributed by atoms with Crippen molar-refractivity contribution < 1.29 is 4.79 Å². The lowest BCUT2D eigenvalue weighted by Gasteiger charge is -2.20. The Morgan fingerprint density at radius 1 is 1.26 bits per heavy atom. The van der Waals surface area contributed by atoms with Crippen molar-refractivity contribution in [3.05, 3.63) is 40.9 Å². The second-order valence-electron chi connectivity index (χ2n) is 5.83. The molecule has 3 rings (SSSR count). The molecule has 7 heteroatoms. The van der Waals surface area contributed by atoms with E-state index in [1.807, 2.05) is 0 Å². The van der Waals surface area contributed by atoms with Gasteiger partial charge in [0.2, 0.25) is 5.91 Å². The van der Waals surface area contributed by atoms with E-state index < -0.39 is 0 Å². The first-order chi connectivity index (χ1) is 11.2. The largest absolute Gasteiger partial charge is 0.354 e. The van der Waals surface area contributed by atoms with E-state index in [-0.39, 0.29) is 17.4 Å². The molecule has 0 bridgehead atoms. The van der Waals surface area contributed by atoms with Gasteiger partial charge in [-0.25, -0.2) is 9.36 Å². The van der Waals surface area contributed by atoms with Crippen LogP contribution >= 0.6 is 0 Å². The van der Waals surface area contributed by atoms with Gasteiger partial charge in [-0.15, -0.1) is 5.10 Å². The van der Waals surface area contributed by atoms with E-state index in [2.05, 4.69) is 15.5 Å². The highest BCUT2D eigenvalue weighted by atomic mass is 16.2. The number of nitrogens with zero attached hydrogens (tertiary/aromatic N) is 4. The first-order valence-electron chi connectivity index (χ1n) is 8.10. The highest BCUT2D eigenvalue weighted by Gasteiger charge is 2.20. The molecule has 0 spiro atoms. The number of rotatable bonds is 5. The zero-order valence-corrected chi connectivity index (χ0v) is 13.0. The highest BCUT2D eigenvalue weighted by molar-refractivity contribution is 5.78. The summed E-state index contributed by atoms with van der Waals surface area (Å²) < 4.78 is 2.95. The summed E-state index contributed by atoms with van der Waals surface area (Å²) in [7, 11) is 0. The van der Waals surface area contributed by atoms with Crippen LogP contribution < -0.4 is 10.9 Å². The Morgan fingerprint density at radius 3 is 2.83 bits per heavy atom. The van der Waals surface area contributed by atoms with Crippen molar-refractivity contribution in [1.82, 2.24) is 24.9 Å². The van der Waals surface area contributed by atoms with E-state index in [4.69, 9.17) is 0 Å². The molecule has 7 nitrogen and oxygen atoms in total. The Balaban J connectivity index is 1.58. The van der Waals surface area contributed by atoms with Gasteiger partial charge in [0, 0.05) is 30.9 Å². The molecular formula is C16H21N5O2. The van der Waals surface area contributed by atoms with Crippen molar-refractivity contribution in [2.24, 2.45) is 5.92 Å². The number of carbonyl (C=O) groups excluding carboxylic acids is 1. The van der Waals surface area contributed by atoms with Crippen LogP contribution in [0.15, 0.2) is 35.4 Å². The van der Waals surface area contributed by atoms with Crippen LogP contribution in [0.25, 0.3) is 5.82 Å². The molecule has 0 aromatic carbocycles. The molecule has 1 aliphatic carbocycles. The van der Waals surface area contributed by atoms with Gasteiger partial charge in [0.1, 0.15) is 0 Å². The number of amides is 1. The van der Waals surface area contributed by atoms with Crippen molar-refractivity contribution in [3.8, 4) is 5.82 Å². The van der Waals surface area contributed by atoms with Gasteiger partial charge < -0.3 is 5.32 Å². The topological polar surface area (TPSA) is 81.8 Å². The van der Waals surface area contributed by atoms with E-state index in [1.165, 1.54) is 17.2 Å². The molecule has 2 aromatic rings. The van der Waals surface area contributed by atoms with Gasteiger partial charge in [0.15, 0.2) is 5.82 Å². The van der Waals surface area contributed by atoms with Gasteiger partial charge in [-0.05, 0) is 25.0 Å². The Kier molecular flexibility index (Phi) is 4.85. The van der Waals surface area contributed by atoms with Crippen LogP contribution in [0.5, 0.6) is 0 Å². The average molecular weight is 315 g/mol. The number of nitrogens with one attached hydrogen (secondary N) is 1. The molecular weight excluding hydrogens is 294 g/mol. The zero-order chi connectivity index (χ0) is 16.1. The predicted molar refractivity (Wildman–Crippen MR) is 85.2 cm³/mol. The first kappa shape index (κ1) is 15.5. The lowest BCUT2D eigenvalue weighted by Crippen LogP contribution is -2.36. The van der Waals surface area contributed by atoms with Gasteiger partial charge in [-0.2, -0.15) is 5.10 Å². The van der Waals surface area contributed by atoms with Gasteiger partial charge >= 0.3 is 0 Å². The third-order valence-electron chi connectivity index (χ3n) is 4.19. The van der Waals surface area contributed by atoms with Crippen LogP contribution in [-0.4, -0.2) is 32.0 Å². The molecule has 1 N–H and O–H groups in total. The monoisotopic (exact) mass is 315 g/mol. The third-order valence-corrected chi connectivity index (χ3v) is 4.19. The standard InChI is InChI=1S/C16H21N5O2/c22-15-8-7-14(20-11-4-9-18-20)19-21(15)12-10-17-16(23)13-5-2-1-3-6-13/h4,7-9,11,13H,1-3,5-6,10,12H2,(H,17,23). The van der Waals surface area contributed by atoms with E-state index in [0.717, 1.165) is 25.7 Å². The Bertz CT molecular complexity index is 702. The van der Waals surface area contributed by atoms with E-state index in [0.29, 0.717) is 18.9 Å². The number of aromatic nitrogens is 4. The first-order valence-corrected chi connectivity index (χ1v) is 8.10. The molecule has 0 unspecified atom stereocenters. The summed E-state index contributed by atoms with van der Waals surface area (Å²) in [5, 5.41) is 11.3. The molecule has 2 aromatic heterocycles. The number of hydrogen-bond acceptors (Lipinski definition) is 4. The Morgan fingerprint density at radius 2 is 2.09 bits per heavy atom. The summed E-state index contributed by atoms with van der Waals surface area (Å²) in [5.74, 6) is 0.804. The van der Waals surface area contributed by atoms with Crippen LogP contribution in [0, 0.1) is 5.92 Å². The van der Waals surface area contributed by atoms with Crippen LogP contribution in [0.3, 0.4) is 0 Å². The lowest BCUT2D eigenvalue weighted by molar-refractivity contribution is -0.125. The lowest BCUT2D eigenvalue weighted by atomic mass is 9.89. The summed E-state index contributed by atoms with van der Waals surface area (Å²) in [6, 6.07) is 4.89.